The molecular weight excluding hydrogens is 352 g/mol. The Hall–Kier alpha value is -2.35. The molecule has 0 aliphatic rings. The lowest BCUT2D eigenvalue weighted by molar-refractivity contribution is -0.142. The summed E-state index contributed by atoms with van der Waals surface area (Å²) in [5.74, 6) is 4.59. The van der Waals surface area contributed by atoms with Crippen LogP contribution in [0.1, 0.15) is 12.8 Å². The average Bonchev–Trinajstić information content (AvgIpc) is 2.65. The van der Waals surface area contributed by atoms with Crippen molar-refractivity contribution in [3.8, 4) is 11.5 Å². The minimum atomic E-state index is -2.88. The molecule has 0 aromatic heterocycles. The Morgan fingerprint density at radius 3 is 2.35 bits per heavy atom. The van der Waals surface area contributed by atoms with Crippen molar-refractivity contribution in [2.75, 3.05) is 13.7 Å². The van der Waals surface area contributed by atoms with Crippen LogP contribution in [0.5, 0.6) is 11.5 Å². The summed E-state index contributed by atoms with van der Waals surface area (Å²) >= 11 is 0. The number of esters is 1. The molecule has 0 radical (unpaired) electrons. The molecule has 0 aliphatic heterocycles. The molecule has 0 saturated carbocycles. The van der Waals surface area contributed by atoms with Gasteiger partial charge in [-0.05, 0) is 61.7 Å². The quantitative estimate of drug-likeness (QED) is 0.518. The first-order valence-electron chi connectivity index (χ1n) is 8.21. The minimum absolute atomic E-state index is 0.422. The summed E-state index contributed by atoms with van der Waals surface area (Å²) in [5.41, 5.74) is 5.49. The molecular formula is C19H24N2O4S. The highest BCUT2D eigenvalue weighted by Crippen LogP contribution is 2.22. The molecule has 0 bridgehead atoms. The number of para-hydroxylation sites is 1. The molecule has 1 unspecified atom stereocenters. The molecule has 0 spiro atoms. The molecule has 3 N–H and O–H groups in total. The van der Waals surface area contributed by atoms with Gasteiger partial charge in [-0.15, -0.1) is 0 Å². The van der Waals surface area contributed by atoms with E-state index in [0.717, 1.165) is 0 Å². The number of nitrogens with one attached hydrogen (secondary N) is 1. The van der Waals surface area contributed by atoms with Gasteiger partial charge in [0.15, 0.2) is 0 Å². The van der Waals surface area contributed by atoms with Crippen molar-refractivity contribution < 1.29 is 18.5 Å². The van der Waals surface area contributed by atoms with E-state index < -0.39 is 21.7 Å². The van der Waals surface area contributed by atoms with Crippen LogP contribution in [0.15, 0.2) is 59.5 Å². The van der Waals surface area contributed by atoms with Crippen molar-refractivity contribution in [3.05, 3.63) is 54.6 Å². The van der Waals surface area contributed by atoms with Crippen molar-refractivity contribution >= 4 is 21.5 Å². The van der Waals surface area contributed by atoms with E-state index in [1.54, 1.807) is 24.3 Å². The Bertz CT molecular complexity index is 805. The lowest BCUT2D eigenvalue weighted by atomic mass is 10.2. The predicted molar refractivity (Wildman–Crippen MR) is 104 cm³/mol. The normalized spacial score (nSPS) is 14.2. The van der Waals surface area contributed by atoms with Gasteiger partial charge in [-0.2, -0.15) is 0 Å². The zero-order valence-corrected chi connectivity index (χ0v) is 15.5. The molecule has 2 aromatic rings. The third-order valence-electron chi connectivity index (χ3n) is 3.70. The van der Waals surface area contributed by atoms with Crippen LogP contribution in [0.3, 0.4) is 0 Å². The van der Waals surface area contributed by atoms with Gasteiger partial charge in [-0.1, -0.05) is 18.2 Å². The summed E-state index contributed by atoms with van der Waals surface area (Å²) in [5, 5.41) is 0. The van der Waals surface area contributed by atoms with E-state index in [0.29, 0.717) is 35.8 Å². The van der Waals surface area contributed by atoms with Gasteiger partial charge in [-0.3, -0.25) is 4.79 Å². The predicted octanol–water partition coefficient (Wildman–Crippen LogP) is 2.34. The lowest BCUT2D eigenvalue weighted by Gasteiger charge is -2.19. The fraction of sp³-hybridized carbons (Fsp3) is 0.263. The van der Waals surface area contributed by atoms with Gasteiger partial charge in [0.05, 0.1) is 16.8 Å². The van der Waals surface area contributed by atoms with Gasteiger partial charge < -0.3 is 15.2 Å². The van der Waals surface area contributed by atoms with E-state index >= 15 is 0 Å². The summed E-state index contributed by atoms with van der Waals surface area (Å²) in [6.07, 6.45) is 1.02. The van der Waals surface area contributed by atoms with Gasteiger partial charge in [0.2, 0.25) is 0 Å². The van der Waals surface area contributed by atoms with E-state index in [4.69, 9.17) is 15.2 Å². The van der Waals surface area contributed by atoms with Crippen molar-refractivity contribution in [3.63, 3.8) is 0 Å². The first kappa shape index (κ1) is 20.0. The number of hydrogen-bond donors (Lipinski definition) is 2. The molecule has 0 heterocycles. The molecule has 0 amide bonds. The van der Waals surface area contributed by atoms with Crippen LogP contribution in [-0.4, -0.2) is 35.7 Å². The topological polar surface area (TPSA) is 90.7 Å². The molecule has 140 valence electrons. The number of nitrogens with two attached hydrogens (primary N) is 1. The van der Waals surface area contributed by atoms with Crippen LogP contribution in [0.25, 0.3) is 0 Å². The highest BCUT2D eigenvalue weighted by molar-refractivity contribution is 7.98. The SMILES string of the molecule is C=S(=O)(N[C@H](CCCN)C(=O)OC)c1ccc(Oc2ccccc2)cc1. The monoisotopic (exact) mass is 376 g/mol. The molecule has 0 saturated heterocycles. The fourth-order valence-electron chi connectivity index (χ4n) is 2.34. The van der Waals surface area contributed by atoms with Crippen LogP contribution >= 0.6 is 0 Å². The molecule has 6 nitrogen and oxygen atoms in total. The minimum Gasteiger partial charge on any atom is -0.468 e. The lowest BCUT2D eigenvalue weighted by Crippen LogP contribution is -2.41. The largest absolute Gasteiger partial charge is 0.468 e. The fourth-order valence-corrected chi connectivity index (χ4v) is 3.72. The third-order valence-corrected chi connectivity index (χ3v) is 5.40. The Labute approximate surface area is 154 Å². The number of ether oxygens (including phenoxy) is 2. The van der Waals surface area contributed by atoms with Crippen molar-refractivity contribution in [1.82, 2.24) is 4.72 Å². The van der Waals surface area contributed by atoms with Crippen LogP contribution in [0.2, 0.25) is 0 Å². The molecule has 2 rings (SSSR count). The van der Waals surface area contributed by atoms with Crippen LogP contribution in [0.4, 0.5) is 0 Å². The number of methoxy groups -OCH3 is 1. The van der Waals surface area contributed by atoms with Gasteiger partial charge in [0.25, 0.3) is 0 Å². The first-order chi connectivity index (χ1) is 12.5. The molecule has 0 aliphatic carbocycles. The van der Waals surface area contributed by atoms with Crippen LogP contribution in [-0.2, 0) is 19.2 Å². The maximum atomic E-state index is 12.9. The third kappa shape index (κ3) is 5.59. The van der Waals surface area contributed by atoms with E-state index in [1.165, 1.54) is 7.11 Å². The smallest absolute Gasteiger partial charge is 0.323 e. The Balaban J connectivity index is 2.11. The van der Waals surface area contributed by atoms with Gasteiger partial charge >= 0.3 is 5.97 Å². The number of hydrogen-bond acceptors (Lipinski definition) is 5. The average molecular weight is 376 g/mol. The second-order valence-electron chi connectivity index (χ2n) is 5.69. The zero-order valence-electron chi connectivity index (χ0n) is 14.7. The summed E-state index contributed by atoms with van der Waals surface area (Å²) < 4.78 is 26.2. The molecule has 26 heavy (non-hydrogen) atoms. The van der Waals surface area contributed by atoms with E-state index in [9.17, 15) is 9.00 Å². The molecule has 0 fully saturated rings. The van der Waals surface area contributed by atoms with Crippen LogP contribution < -0.4 is 15.2 Å². The Morgan fingerprint density at radius 2 is 1.77 bits per heavy atom. The van der Waals surface area contributed by atoms with E-state index in [-0.39, 0.29) is 0 Å². The molecule has 2 atom stereocenters. The van der Waals surface area contributed by atoms with Crippen molar-refractivity contribution in [1.29, 1.82) is 0 Å². The Kier molecular flexibility index (Phi) is 7.20. The number of benzene rings is 2. The van der Waals surface area contributed by atoms with Crippen molar-refractivity contribution in [2.24, 2.45) is 5.73 Å². The van der Waals surface area contributed by atoms with Crippen molar-refractivity contribution in [2.45, 2.75) is 23.8 Å². The van der Waals surface area contributed by atoms with Gasteiger partial charge in [0, 0.05) is 4.90 Å². The summed E-state index contributed by atoms with van der Waals surface area (Å²) in [7, 11) is -1.59. The molecule has 2 aromatic carbocycles. The first-order valence-corrected chi connectivity index (χ1v) is 9.94. The highest BCUT2D eigenvalue weighted by Gasteiger charge is 2.22. The standard InChI is InChI=1S/C19H24N2O4S/c1-24-19(22)18(9-6-14-20)21-26(2,23)17-12-10-16(11-13-17)25-15-7-4-3-5-8-15/h3-5,7-8,10-13,18H,2,6,9,14,20H2,1H3,(H,21,23)/t18-,26?/m1/s1. The summed E-state index contributed by atoms with van der Waals surface area (Å²) in [6, 6.07) is 15.4. The van der Waals surface area contributed by atoms with Crippen LogP contribution in [0, 0.1) is 0 Å². The maximum absolute atomic E-state index is 12.9. The number of rotatable bonds is 9. The molecule has 7 heteroatoms. The maximum Gasteiger partial charge on any atom is 0.323 e. The second-order valence-corrected chi connectivity index (χ2v) is 7.74. The van der Waals surface area contributed by atoms with E-state index in [1.807, 2.05) is 30.3 Å². The number of carbonyl (C=O) groups is 1. The zero-order chi connectivity index (χ0) is 19.0. The van der Waals surface area contributed by atoms with Gasteiger partial charge in [-0.25, -0.2) is 8.93 Å². The summed E-state index contributed by atoms with van der Waals surface area (Å²) in [4.78, 5) is 12.4. The van der Waals surface area contributed by atoms with E-state index in [2.05, 4.69) is 10.6 Å². The Morgan fingerprint density at radius 1 is 1.15 bits per heavy atom. The second kappa shape index (κ2) is 9.38. The number of carbonyl (C=O) groups excluding carboxylic acids is 1. The summed E-state index contributed by atoms with van der Waals surface area (Å²) in [6.45, 7) is 0.430. The highest BCUT2D eigenvalue weighted by atomic mass is 32.2. The van der Waals surface area contributed by atoms with Gasteiger partial charge in [0.1, 0.15) is 17.5 Å².